The molecule has 144 valence electrons. The summed E-state index contributed by atoms with van der Waals surface area (Å²) in [5, 5.41) is 9.53. The van der Waals surface area contributed by atoms with E-state index in [1.807, 2.05) is 25.1 Å². The first kappa shape index (κ1) is 19.1. The normalized spacial score (nSPS) is 10.3. The number of para-hydroxylation sites is 1. The number of pyridine rings is 1. The van der Waals surface area contributed by atoms with Gasteiger partial charge >= 0.3 is 0 Å². The minimum Gasteiger partial charge on any atom is -0.493 e. The average molecular weight is 379 g/mol. The van der Waals surface area contributed by atoms with Crippen LogP contribution in [0.25, 0.3) is 0 Å². The van der Waals surface area contributed by atoms with Crippen molar-refractivity contribution in [2.24, 2.45) is 0 Å². The molecule has 8 nitrogen and oxygen atoms in total. The second-order valence-corrected chi connectivity index (χ2v) is 5.88. The Kier molecular flexibility index (Phi) is 6.35. The molecule has 0 atom stereocenters. The molecule has 1 aromatic carbocycles. The first-order valence-electron chi connectivity index (χ1n) is 8.89. The van der Waals surface area contributed by atoms with E-state index in [0.29, 0.717) is 30.3 Å². The number of rotatable bonds is 8. The summed E-state index contributed by atoms with van der Waals surface area (Å²) in [7, 11) is 0. The maximum atomic E-state index is 12.3. The highest BCUT2D eigenvalue weighted by atomic mass is 16.5. The molecule has 0 aliphatic carbocycles. The highest BCUT2D eigenvalue weighted by Crippen LogP contribution is 2.17. The van der Waals surface area contributed by atoms with Crippen molar-refractivity contribution in [3.63, 3.8) is 0 Å². The third kappa shape index (κ3) is 5.16. The number of hydrogen-bond acceptors (Lipinski definition) is 5. The lowest BCUT2D eigenvalue weighted by molar-refractivity contribution is -0.115. The number of ether oxygens (including phenoxy) is 1. The fraction of sp³-hybridized carbons (Fsp3) is 0.200. The molecule has 3 aromatic rings. The van der Waals surface area contributed by atoms with Gasteiger partial charge in [0.1, 0.15) is 5.75 Å². The molecule has 0 spiro atoms. The molecule has 2 N–H and O–H groups in total. The molecule has 0 saturated heterocycles. The molecule has 0 bridgehead atoms. The minimum atomic E-state index is -0.375. The third-order valence-electron chi connectivity index (χ3n) is 3.80. The van der Waals surface area contributed by atoms with E-state index in [4.69, 9.17) is 4.74 Å². The SMILES string of the molecule is CCOc1ccccc1C(=O)NCC(=O)Nc1ccn(Cc2ccccn2)n1. The second-order valence-electron chi connectivity index (χ2n) is 5.88. The van der Waals surface area contributed by atoms with Crippen molar-refractivity contribution in [3.8, 4) is 5.75 Å². The molecular formula is C20H21N5O3. The van der Waals surface area contributed by atoms with Gasteiger partial charge in [-0.25, -0.2) is 0 Å². The van der Waals surface area contributed by atoms with Crippen LogP contribution in [0.5, 0.6) is 5.75 Å². The van der Waals surface area contributed by atoms with Crippen molar-refractivity contribution in [1.29, 1.82) is 0 Å². The van der Waals surface area contributed by atoms with Crippen LogP contribution in [0.1, 0.15) is 23.0 Å². The summed E-state index contributed by atoms with van der Waals surface area (Å²) in [4.78, 5) is 28.7. The van der Waals surface area contributed by atoms with Gasteiger partial charge in [0.05, 0.1) is 31.0 Å². The highest BCUT2D eigenvalue weighted by molar-refractivity contribution is 6.00. The van der Waals surface area contributed by atoms with Crippen LogP contribution < -0.4 is 15.4 Å². The summed E-state index contributed by atoms with van der Waals surface area (Å²) in [6.07, 6.45) is 3.47. The van der Waals surface area contributed by atoms with Crippen molar-refractivity contribution in [2.75, 3.05) is 18.5 Å². The zero-order valence-electron chi connectivity index (χ0n) is 15.5. The van der Waals surface area contributed by atoms with Gasteiger partial charge in [-0.2, -0.15) is 5.10 Å². The van der Waals surface area contributed by atoms with Gasteiger partial charge in [0.25, 0.3) is 5.91 Å². The quantitative estimate of drug-likeness (QED) is 0.625. The van der Waals surface area contributed by atoms with E-state index >= 15 is 0 Å². The zero-order valence-corrected chi connectivity index (χ0v) is 15.5. The number of carbonyl (C=O) groups is 2. The summed E-state index contributed by atoms with van der Waals surface area (Å²) >= 11 is 0. The van der Waals surface area contributed by atoms with E-state index in [2.05, 4.69) is 20.7 Å². The Bertz CT molecular complexity index is 940. The van der Waals surface area contributed by atoms with Gasteiger partial charge in [0, 0.05) is 18.5 Å². The van der Waals surface area contributed by atoms with Crippen LogP contribution in [0, 0.1) is 0 Å². The third-order valence-corrected chi connectivity index (χ3v) is 3.80. The number of amides is 2. The smallest absolute Gasteiger partial charge is 0.255 e. The number of nitrogens with zero attached hydrogens (tertiary/aromatic N) is 3. The van der Waals surface area contributed by atoms with Crippen LogP contribution in [0.2, 0.25) is 0 Å². The van der Waals surface area contributed by atoms with Crippen LogP contribution in [-0.2, 0) is 11.3 Å². The van der Waals surface area contributed by atoms with Gasteiger partial charge in [-0.05, 0) is 31.2 Å². The van der Waals surface area contributed by atoms with Gasteiger partial charge in [-0.1, -0.05) is 18.2 Å². The van der Waals surface area contributed by atoms with Crippen LogP contribution in [-0.4, -0.2) is 39.7 Å². The lowest BCUT2D eigenvalue weighted by atomic mass is 10.2. The lowest BCUT2D eigenvalue weighted by Crippen LogP contribution is -2.33. The Morgan fingerprint density at radius 1 is 1.11 bits per heavy atom. The van der Waals surface area contributed by atoms with Crippen LogP contribution in [0.4, 0.5) is 5.82 Å². The molecular weight excluding hydrogens is 358 g/mol. The van der Waals surface area contributed by atoms with E-state index in [9.17, 15) is 9.59 Å². The maximum Gasteiger partial charge on any atom is 0.255 e. The second kappa shape index (κ2) is 9.31. The topological polar surface area (TPSA) is 98.1 Å². The van der Waals surface area contributed by atoms with Crippen LogP contribution in [0.3, 0.4) is 0 Å². The van der Waals surface area contributed by atoms with E-state index < -0.39 is 0 Å². The van der Waals surface area contributed by atoms with Crippen LogP contribution in [0.15, 0.2) is 60.9 Å². The van der Waals surface area contributed by atoms with Crippen molar-refractivity contribution >= 4 is 17.6 Å². The summed E-state index contributed by atoms with van der Waals surface area (Å²) < 4.78 is 7.11. The molecule has 0 fully saturated rings. The number of hydrogen-bond donors (Lipinski definition) is 2. The summed E-state index contributed by atoms with van der Waals surface area (Å²) in [6, 6.07) is 14.2. The number of aromatic nitrogens is 3. The van der Waals surface area contributed by atoms with Crippen molar-refractivity contribution in [2.45, 2.75) is 13.5 Å². The molecule has 3 rings (SSSR count). The molecule has 0 aliphatic heterocycles. The number of benzene rings is 1. The van der Waals surface area contributed by atoms with E-state index in [0.717, 1.165) is 5.69 Å². The number of anilines is 1. The number of carbonyl (C=O) groups excluding carboxylic acids is 2. The van der Waals surface area contributed by atoms with Gasteiger partial charge in [0.2, 0.25) is 5.91 Å². The molecule has 2 amide bonds. The first-order chi connectivity index (χ1) is 13.7. The largest absolute Gasteiger partial charge is 0.493 e. The standard InChI is InChI=1S/C20H21N5O3/c1-2-28-17-9-4-3-8-16(17)20(27)22-13-19(26)23-18-10-12-25(24-18)14-15-7-5-6-11-21-15/h3-12H,2,13-14H2,1H3,(H,22,27)(H,23,24,26). The summed E-state index contributed by atoms with van der Waals surface area (Å²) in [5.41, 5.74) is 1.25. The molecule has 0 saturated carbocycles. The Labute approximate surface area is 162 Å². The van der Waals surface area contributed by atoms with E-state index in [1.165, 1.54) is 0 Å². The van der Waals surface area contributed by atoms with Crippen LogP contribution >= 0.6 is 0 Å². The Morgan fingerprint density at radius 3 is 2.71 bits per heavy atom. The molecule has 2 aromatic heterocycles. The van der Waals surface area contributed by atoms with Gasteiger partial charge in [-0.3, -0.25) is 19.3 Å². The van der Waals surface area contributed by atoms with Crippen molar-refractivity contribution in [1.82, 2.24) is 20.1 Å². The molecule has 0 aliphatic rings. The van der Waals surface area contributed by atoms with Gasteiger partial charge in [-0.15, -0.1) is 0 Å². The van der Waals surface area contributed by atoms with Gasteiger partial charge in [0.15, 0.2) is 5.82 Å². The molecule has 2 heterocycles. The molecule has 8 heteroatoms. The summed E-state index contributed by atoms with van der Waals surface area (Å²) in [5.74, 6) is 0.145. The van der Waals surface area contributed by atoms with E-state index in [1.54, 1.807) is 47.4 Å². The van der Waals surface area contributed by atoms with Gasteiger partial charge < -0.3 is 15.4 Å². The Balaban J connectivity index is 1.51. The maximum absolute atomic E-state index is 12.3. The van der Waals surface area contributed by atoms with Crippen molar-refractivity contribution in [3.05, 3.63) is 72.2 Å². The first-order valence-corrected chi connectivity index (χ1v) is 8.89. The molecule has 0 radical (unpaired) electrons. The summed E-state index contributed by atoms with van der Waals surface area (Å²) in [6.45, 7) is 2.62. The Morgan fingerprint density at radius 2 is 1.93 bits per heavy atom. The predicted molar refractivity (Wildman–Crippen MR) is 104 cm³/mol. The average Bonchev–Trinajstić information content (AvgIpc) is 3.14. The predicted octanol–water partition coefficient (Wildman–Crippen LogP) is 2.09. The molecule has 28 heavy (non-hydrogen) atoms. The van der Waals surface area contributed by atoms with Crippen molar-refractivity contribution < 1.29 is 14.3 Å². The fourth-order valence-corrected chi connectivity index (χ4v) is 2.55. The minimum absolute atomic E-state index is 0.174. The fourth-order valence-electron chi connectivity index (χ4n) is 2.55. The monoisotopic (exact) mass is 379 g/mol. The lowest BCUT2D eigenvalue weighted by Gasteiger charge is -2.10. The zero-order chi connectivity index (χ0) is 19.8. The highest BCUT2D eigenvalue weighted by Gasteiger charge is 2.13. The molecule has 0 unspecified atom stereocenters. The Hall–Kier alpha value is -3.68. The van der Waals surface area contributed by atoms with E-state index in [-0.39, 0.29) is 18.4 Å². The number of nitrogens with one attached hydrogen (secondary N) is 2.